The maximum Gasteiger partial charge on any atom is 0.125 e. The van der Waals surface area contributed by atoms with Crippen molar-refractivity contribution in [3.63, 3.8) is 0 Å². The molecule has 5 aromatic rings. The molecule has 0 aliphatic heterocycles. The summed E-state index contributed by atoms with van der Waals surface area (Å²) < 4.78 is 8.61. The number of rotatable bonds is 7. The molecule has 1 aromatic heterocycles. The molecule has 0 N–H and O–H groups in total. The lowest BCUT2D eigenvalue weighted by Crippen LogP contribution is -2.16. The van der Waals surface area contributed by atoms with E-state index >= 15 is 0 Å². The highest BCUT2D eigenvalue weighted by Crippen LogP contribution is 2.33. The number of fused-ring (bicyclic) bond motifs is 1. The first kappa shape index (κ1) is 21.0. The molecule has 0 aliphatic carbocycles. The zero-order valence-electron chi connectivity index (χ0n) is 19.1. The monoisotopic (exact) mass is 432 g/mol. The fourth-order valence-electron chi connectivity index (χ4n) is 4.60. The van der Waals surface area contributed by atoms with Gasteiger partial charge < -0.3 is 9.30 Å². The predicted octanol–water partition coefficient (Wildman–Crippen LogP) is 6.91. The highest BCUT2D eigenvalue weighted by atomic mass is 16.5. The molecule has 0 aliphatic rings. The first-order valence-corrected chi connectivity index (χ1v) is 11.5. The summed E-state index contributed by atoms with van der Waals surface area (Å²) in [7, 11) is 0. The lowest BCUT2D eigenvalue weighted by atomic mass is 9.90. The number of hydrogen-bond donors (Lipinski definition) is 0. The van der Waals surface area contributed by atoms with Crippen molar-refractivity contribution in [1.29, 1.82) is 0 Å². The Hall–Kier alpha value is -3.85. The van der Waals surface area contributed by atoms with Gasteiger partial charge in [0.1, 0.15) is 18.2 Å². The number of ether oxygens (including phenoxy) is 1. The molecule has 3 heteroatoms. The lowest BCUT2D eigenvalue weighted by Gasteiger charge is -2.20. The Balaban J connectivity index is 1.57. The van der Waals surface area contributed by atoms with Gasteiger partial charge in [0.2, 0.25) is 0 Å². The number of hydrogen-bond acceptors (Lipinski definition) is 2. The molecular formula is C30H28N2O. The highest BCUT2D eigenvalue weighted by molar-refractivity contribution is 5.76. The smallest absolute Gasteiger partial charge is 0.125 e. The number of imidazole rings is 1. The van der Waals surface area contributed by atoms with E-state index in [0.29, 0.717) is 6.61 Å². The SMILES string of the molecule is Cc1cccc(C)c1OCCn1c(C(c2ccccc2)c2ccccc2)nc2ccccc21. The second-order valence-corrected chi connectivity index (χ2v) is 8.43. The summed E-state index contributed by atoms with van der Waals surface area (Å²) in [6.45, 7) is 5.50. The fraction of sp³-hybridized carbons (Fsp3) is 0.167. The Labute approximate surface area is 195 Å². The van der Waals surface area contributed by atoms with E-state index in [1.54, 1.807) is 0 Å². The zero-order valence-corrected chi connectivity index (χ0v) is 19.1. The van der Waals surface area contributed by atoms with Crippen molar-refractivity contribution in [3.05, 3.63) is 131 Å². The van der Waals surface area contributed by atoms with Gasteiger partial charge in [-0.25, -0.2) is 4.98 Å². The Morgan fingerprint density at radius 1 is 0.697 bits per heavy atom. The highest BCUT2D eigenvalue weighted by Gasteiger charge is 2.23. The largest absolute Gasteiger partial charge is 0.491 e. The molecule has 4 aromatic carbocycles. The Morgan fingerprint density at radius 3 is 1.91 bits per heavy atom. The van der Waals surface area contributed by atoms with Crippen molar-refractivity contribution in [2.24, 2.45) is 0 Å². The first-order chi connectivity index (χ1) is 16.2. The minimum absolute atomic E-state index is 0.0417. The summed E-state index contributed by atoms with van der Waals surface area (Å²) in [6, 6.07) is 35.9. The average Bonchev–Trinajstić information content (AvgIpc) is 3.20. The van der Waals surface area contributed by atoms with Crippen molar-refractivity contribution in [1.82, 2.24) is 9.55 Å². The molecule has 0 atom stereocenters. The topological polar surface area (TPSA) is 27.1 Å². The van der Waals surface area contributed by atoms with Gasteiger partial charge in [-0.3, -0.25) is 0 Å². The first-order valence-electron chi connectivity index (χ1n) is 11.5. The van der Waals surface area contributed by atoms with Crippen molar-refractivity contribution in [2.45, 2.75) is 26.3 Å². The van der Waals surface area contributed by atoms with E-state index in [4.69, 9.17) is 9.72 Å². The average molecular weight is 433 g/mol. The number of nitrogens with zero attached hydrogens (tertiary/aromatic N) is 2. The molecule has 0 amide bonds. The molecule has 0 unspecified atom stereocenters. The van der Waals surface area contributed by atoms with E-state index in [-0.39, 0.29) is 5.92 Å². The standard InChI is InChI=1S/C30H28N2O/c1-22-12-11-13-23(2)29(22)33-21-20-32-27-19-10-9-18-26(27)31-30(32)28(24-14-5-3-6-15-24)25-16-7-4-8-17-25/h3-19,28H,20-21H2,1-2H3. The van der Waals surface area contributed by atoms with Gasteiger partial charge in [0, 0.05) is 0 Å². The predicted molar refractivity (Wildman–Crippen MR) is 135 cm³/mol. The Bertz CT molecular complexity index is 1300. The molecule has 0 saturated heterocycles. The van der Waals surface area contributed by atoms with Crippen LogP contribution in [-0.4, -0.2) is 16.2 Å². The second-order valence-electron chi connectivity index (χ2n) is 8.43. The Morgan fingerprint density at radius 2 is 1.27 bits per heavy atom. The summed E-state index contributed by atoms with van der Waals surface area (Å²) in [5.74, 6) is 2.06. The van der Waals surface area contributed by atoms with Gasteiger partial charge in [-0.2, -0.15) is 0 Å². The third kappa shape index (κ3) is 4.27. The number of aryl methyl sites for hydroxylation is 2. The molecule has 0 fully saturated rings. The lowest BCUT2D eigenvalue weighted by molar-refractivity contribution is 0.294. The van der Waals surface area contributed by atoms with Crippen LogP contribution >= 0.6 is 0 Å². The van der Waals surface area contributed by atoms with E-state index in [1.165, 1.54) is 11.1 Å². The molecule has 164 valence electrons. The van der Waals surface area contributed by atoms with Crippen LogP contribution in [0.5, 0.6) is 5.75 Å². The van der Waals surface area contributed by atoms with E-state index in [2.05, 4.69) is 122 Å². The third-order valence-electron chi connectivity index (χ3n) is 6.18. The van der Waals surface area contributed by atoms with Crippen molar-refractivity contribution in [2.75, 3.05) is 6.61 Å². The van der Waals surface area contributed by atoms with E-state index < -0.39 is 0 Å². The summed E-state index contributed by atoms with van der Waals surface area (Å²) in [5, 5.41) is 0. The van der Waals surface area contributed by atoms with E-state index in [1.807, 2.05) is 0 Å². The molecule has 1 heterocycles. The summed E-state index contributed by atoms with van der Waals surface area (Å²) in [6.07, 6.45) is 0. The van der Waals surface area contributed by atoms with Crippen molar-refractivity contribution in [3.8, 4) is 5.75 Å². The van der Waals surface area contributed by atoms with Crippen LogP contribution in [0.4, 0.5) is 0 Å². The molecule has 33 heavy (non-hydrogen) atoms. The summed E-state index contributed by atoms with van der Waals surface area (Å²) >= 11 is 0. The van der Waals surface area contributed by atoms with Crippen LogP contribution < -0.4 is 4.74 Å². The van der Waals surface area contributed by atoms with Gasteiger partial charge in [0.25, 0.3) is 0 Å². The van der Waals surface area contributed by atoms with Crippen LogP contribution in [0.2, 0.25) is 0 Å². The second kappa shape index (κ2) is 9.33. The summed E-state index contributed by atoms with van der Waals surface area (Å²) in [5.41, 5.74) is 6.94. The van der Waals surface area contributed by atoms with Crippen LogP contribution in [0.3, 0.4) is 0 Å². The van der Waals surface area contributed by atoms with Gasteiger partial charge in [0.15, 0.2) is 0 Å². The van der Waals surface area contributed by atoms with Crippen molar-refractivity contribution < 1.29 is 4.74 Å². The van der Waals surface area contributed by atoms with Crippen LogP contribution in [0.1, 0.15) is 34.0 Å². The minimum Gasteiger partial charge on any atom is -0.491 e. The van der Waals surface area contributed by atoms with Gasteiger partial charge in [-0.1, -0.05) is 91.0 Å². The molecule has 0 saturated carbocycles. The minimum atomic E-state index is 0.0417. The number of benzene rings is 4. The summed E-state index contributed by atoms with van der Waals surface area (Å²) in [4.78, 5) is 5.13. The van der Waals surface area contributed by atoms with E-state index in [9.17, 15) is 0 Å². The number of para-hydroxylation sites is 3. The molecule has 3 nitrogen and oxygen atoms in total. The third-order valence-corrected chi connectivity index (χ3v) is 6.18. The van der Waals surface area contributed by atoms with Gasteiger partial charge in [0.05, 0.1) is 23.5 Å². The molecule has 0 spiro atoms. The zero-order chi connectivity index (χ0) is 22.6. The molecular weight excluding hydrogens is 404 g/mol. The molecule has 5 rings (SSSR count). The van der Waals surface area contributed by atoms with E-state index in [0.717, 1.165) is 40.3 Å². The molecule has 0 radical (unpaired) electrons. The Kier molecular flexibility index (Phi) is 5.95. The van der Waals surface area contributed by atoms with Crippen LogP contribution in [0.25, 0.3) is 11.0 Å². The molecule has 0 bridgehead atoms. The maximum atomic E-state index is 6.29. The maximum absolute atomic E-state index is 6.29. The quantitative estimate of drug-likeness (QED) is 0.279. The van der Waals surface area contributed by atoms with Gasteiger partial charge in [-0.05, 0) is 48.2 Å². The van der Waals surface area contributed by atoms with Gasteiger partial charge in [-0.15, -0.1) is 0 Å². The van der Waals surface area contributed by atoms with Crippen LogP contribution in [0.15, 0.2) is 103 Å². The van der Waals surface area contributed by atoms with Gasteiger partial charge >= 0.3 is 0 Å². The fourth-order valence-corrected chi connectivity index (χ4v) is 4.60. The normalized spacial score (nSPS) is 11.2. The van der Waals surface area contributed by atoms with Crippen LogP contribution in [-0.2, 0) is 6.54 Å². The van der Waals surface area contributed by atoms with Crippen LogP contribution in [0, 0.1) is 13.8 Å². The number of aromatic nitrogens is 2. The van der Waals surface area contributed by atoms with Crippen molar-refractivity contribution >= 4 is 11.0 Å².